The third-order valence-electron chi connectivity index (χ3n) is 6.82. The van der Waals surface area contributed by atoms with Gasteiger partial charge >= 0.3 is 0 Å². The Hall–Kier alpha value is -2.94. The van der Waals surface area contributed by atoms with Crippen molar-refractivity contribution in [2.75, 3.05) is 24.6 Å². The lowest BCUT2D eigenvalue weighted by Crippen LogP contribution is -2.36. The Labute approximate surface area is 192 Å². The van der Waals surface area contributed by atoms with Crippen LogP contribution >= 0.6 is 0 Å². The zero-order valence-corrected chi connectivity index (χ0v) is 19.4. The molecule has 3 aromatic heterocycles. The maximum atomic E-state index is 13.2. The molecule has 9 heteroatoms. The molecule has 9 nitrogen and oxygen atoms in total. The van der Waals surface area contributed by atoms with Gasteiger partial charge in [0.15, 0.2) is 5.52 Å². The topological polar surface area (TPSA) is 109 Å². The number of ether oxygens (including phenoxy) is 1. The molecule has 1 saturated carbocycles. The van der Waals surface area contributed by atoms with Crippen molar-refractivity contribution in [3.8, 4) is 17.3 Å². The molecule has 5 rings (SSSR count). The number of rotatable bonds is 5. The number of aromatic nitrogens is 5. The number of H-pyrrole nitrogens is 1. The van der Waals surface area contributed by atoms with Crippen LogP contribution in [0.5, 0.6) is 5.88 Å². The minimum absolute atomic E-state index is 0.183. The molecule has 2 N–H and O–H groups in total. The number of aromatic amines is 1. The predicted octanol–water partition coefficient (Wildman–Crippen LogP) is 3.36. The van der Waals surface area contributed by atoms with Crippen LogP contribution in [0.3, 0.4) is 0 Å². The summed E-state index contributed by atoms with van der Waals surface area (Å²) >= 11 is 0. The summed E-state index contributed by atoms with van der Waals surface area (Å²) < 4.78 is 7.75. The van der Waals surface area contributed by atoms with E-state index in [0.717, 1.165) is 50.3 Å². The molecule has 0 atom stereocenters. The summed E-state index contributed by atoms with van der Waals surface area (Å²) in [5.74, 6) is 1.69. The molecule has 0 unspecified atom stereocenters. The van der Waals surface area contributed by atoms with Crippen LogP contribution in [0.25, 0.3) is 22.4 Å². The quantitative estimate of drug-likeness (QED) is 0.611. The normalized spacial score (nSPS) is 18.2. The van der Waals surface area contributed by atoms with E-state index in [9.17, 15) is 9.90 Å². The van der Waals surface area contributed by atoms with Gasteiger partial charge in [-0.15, -0.1) is 0 Å². The molecular formula is C24H32N6O3. The third kappa shape index (κ3) is 4.21. The van der Waals surface area contributed by atoms with Crippen molar-refractivity contribution in [2.24, 2.45) is 0 Å². The molecule has 176 valence electrons. The van der Waals surface area contributed by atoms with Crippen LogP contribution in [-0.2, 0) is 0 Å². The molecule has 0 amide bonds. The monoisotopic (exact) mass is 452 g/mol. The molecule has 4 heterocycles. The van der Waals surface area contributed by atoms with E-state index in [0.29, 0.717) is 34.9 Å². The second-order valence-electron chi connectivity index (χ2n) is 9.11. The van der Waals surface area contributed by atoms with E-state index >= 15 is 0 Å². The van der Waals surface area contributed by atoms with Gasteiger partial charge < -0.3 is 19.7 Å². The predicted molar refractivity (Wildman–Crippen MR) is 127 cm³/mol. The van der Waals surface area contributed by atoms with Crippen molar-refractivity contribution < 1.29 is 9.84 Å². The molecular weight excluding hydrogens is 420 g/mol. The van der Waals surface area contributed by atoms with Crippen LogP contribution in [0.1, 0.15) is 63.6 Å². The molecule has 1 aliphatic heterocycles. The Morgan fingerprint density at radius 2 is 1.88 bits per heavy atom. The minimum Gasteiger partial charge on any atom is -0.477 e. The number of aryl methyl sites for hydroxylation is 1. The molecule has 1 saturated heterocycles. The molecule has 3 aromatic rings. The third-order valence-corrected chi connectivity index (χ3v) is 6.82. The number of pyridine rings is 1. The fraction of sp³-hybridized carbons (Fsp3) is 0.583. The largest absolute Gasteiger partial charge is 0.477 e. The molecule has 1 aliphatic carbocycles. The number of nitrogens with zero attached hydrogens (tertiary/aromatic N) is 5. The molecule has 2 fully saturated rings. The first-order chi connectivity index (χ1) is 16.0. The molecule has 0 spiro atoms. The smallest absolute Gasteiger partial charge is 0.277 e. The molecule has 0 bridgehead atoms. The van der Waals surface area contributed by atoms with Gasteiger partial charge in [0.2, 0.25) is 5.88 Å². The number of piperidine rings is 1. The first-order valence-corrected chi connectivity index (χ1v) is 12.1. The van der Waals surface area contributed by atoms with Crippen LogP contribution in [-0.4, -0.2) is 55.6 Å². The van der Waals surface area contributed by atoms with Gasteiger partial charge in [-0.3, -0.25) is 9.48 Å². The fourth-order valence-corrected chi connectivity index (χ4v) is 5.04. The summed E-state index contributed by atoms with van der Waals surface area (Å²) in [6.07, 6.45) is 6.88. The maximum absolute atomic E-state index is 13.2. The van der Waals surface area contributed by atoms with Gasteiger partial charge in [-0.25, -0.2) is 4.98 Å². The zero-order valence-electron chi connectivity index (χ0n) is 19.4. The molecule has 2 aliphatic rings. The average molecular weight is 453 g/mol. The van der Waals surface area contributed by atoms with E-state index in [1.54, 1.807) is 0 Å². The minimum atomic E-state index is -0.245. The lowest BCUT2D eigenvalue weighted by Gasteiger charge is -2.30. The number of anilines is 1. The van der Waals surface area contributed by atoms with Crippen molar-refractivity contribution in [2.45, 2.75) is 70.9 Å². The highest BCUT2D eigenvalue weighted by molar-refractivity contribution is 5.79. The van der Waals surface area contributed by atoms with Gasteiger partial charge in [0.25, 0.3) is 5.56 Å². The van der Waals surface area contributed by atoms with Gasteiger partial charge in [0.1, 0.15) is 17.2 Å². The number of hydrogen-bond donors (Lipinski definition) is 2. The van der Waals surface area contributed by atoms with Gasteiger partial charge in [0, 0.05) is 13.1 Å². The summed E-state index contributed by atoms with van der Waals surface area (Å²) in [6, 6.07) is 4.09. The molecule has 33 heavy (non-hydrogen) atoms. The lowest BCUT2D eigenvalue weighted by molar-refractivity contribution is 0.145. The van der Waals surface area contributed by atoms with Gasteiger partial charge in [-0.2, -0.15) is 10.1 Å². The summed E-state index contributed by atoms with van der Waals surface area (Å²) in [6.45, 7) is 5.77. The van der Waals surface area contributed by atoms with Crippen LogP contribution in [0, 0.1) is 6.92 Å². The Balaban J connectivity index is 1.54. The Morgan fingerprint density at radius 3 is 2.61 bits per heavy atom. The van der Waals surface area contributed by atoms with Crippen LogP contribution < -0.4 is 15.2 Å². The maximum Gasteiger partial charge on any atom is 0.277 e. The van der Waals surface area contributed by atoms with Crippen molar-refractivity contribution in [1.82, 2.24) is 24.7 Å². The van der Waals surface area contributed by atoms with Crippen molar-refractivity contribution >= 4 is 16.9 Å². The summed E-state index contributed by atoms with van der Waals surface area (Å²) in [7, 11) is 0. The molecule has 0 aromatic carbocycles. The summed E-state index contributed by atoms with van der Waals surface area (Å²) in [5.41, 5.74) is 2.42. The van der Waals surface area contributed by atoms with Crippen LogP contribution in [0.15, 0.2) is 16.9 Å². The summed E-state index contributed by atoms with van der Waals surface area (Å²) in [5, 5.41) is 14.5. The number of hydrogen-bond acceptors (Lipinski definition) is 7. The van der Waals surface area contributed by atoms with Gasteiger partial charge in [-0.1, -0.05) is 19.3 Å². The average Bonchev–Trinajstić information content (AvgIpc) is 3.17. The Morgan fingerprint density at radius 1 is 1.12 bits per heavy atom. The van der Waals surface area contributed by atoms with Crippen molar-refractivity contribution in [3.63, 3.8) is 0 Å². The van der Waals surface area contributed by atoms with E-state index in [1.165, 1.54) is 19.3 Å². The highest BCUT2D eigenvalue weighted by Crippen LogP contribution is 2.32. The highest BCUT2D eigenvalue weighted by atomic mass is 16.5. The highest BCUT2D eigenvalue weighted by Gasteiger charge is 2.24. The van der Waals surface area contributed by atoms with Gasteiger partial charge in [-0.05, 0) is 51.7 Å². The van der Waals surface area contributed by atoms with Crippen LogP contribution in [0.2, 0.25) is 0 Å². The Bertz CT molecular complexity index is 1190. The van der Waals surface area contributed by atoms with Crippen molar-refractivity contribution in [1.29, 1.82) is 0 Å². The second-order valence-corrected chi connectivity index (χ2v) is 9.11. The first kappa shape index (κ1) is 21.9. The Kier molecular flexibility index (Phi) is 6.05. The second kappa shape index (κ2) is 9.13. The number of aliphatic hydroxyl groups excluding tert-OH is 1. The number of aliphatic hydroxyl groups is 1. The van der Waals surface area contributed by atoms with E-state index < -0.39 is 0 Å². The molecule has 0 radical (unpaired) electrons. The standard InChI is InChI=1S/C24H32N6O3/c1-3-33-24-18(9-10-19(25-24)29-13-11-17(31)12-14-29)22-26-20-15(2)28-30(21(20)23(32)27-22)16-7-5-4-6-8-16/h9-10,16-17,31H,3-8,11-14H2,1-2H3,(H,26,27,32). The van der Waals surface area contributed by atoms with E-state index in [4.69, 9.17) is 19.8 Å². The zero-order chi connectivity index (χ0) is 22.9. The van der Waals surface area contributed by atoms with E-state index in [2.05, 4.69) is 9.88 Å². The van der Waals surface area contributed by atoms with Crippen LogP contribution in [0.4, 0.5) is 5.82 Å². The fourth-order valence-electron chi connectivity index (χ4n) is 5.04. The SMILES string of the molecule is CCOc1nc(N2CCC(O)CC2)ccc1-c1nc2c(C)nn(C3CCCCC3)c2c(=O)[nH]1. The number of nitrogens with one attached hydrogen (secondary N) is 1. The first-order valence-electron chi connectivity index (χ1n) is 12.1. The lowest BCUT2D eigenvalue weighted by atomic mass is 9.95. The van der Waals surface area contributed by atoms with Gasteiger partial charge in [0.05, 0.1) is 30.0 Å². The van der Waals surface area contributed by atoms with E-state index in [1.807, 2.05) is 30.7 Å². The van der Waals surface area contributed by atoms with E-state index in [-0.39, 0.29) is 17.7 Å². The number of fused-ring (bicyclic) bond motifs is 1. The summed E-state index contributed by atoms with van der Waals surface area (Å²) in [4.78, 5) is 27.9. The van der Waals surface area contributed by atoms with Crippen molar-refractivity contribution in [3.05, 3.63) is 28.2 Å².